The number of nitrogens with one attached hydrogen (secondary N) is 1. The lowest BCUT2D eigenvalue weighted by Crippen LogP contribution is -2.23. The molecule has 1 aromatic heterocycles. The number of aromatic nitrogens is 1. The fourth-order valence-electron chi connectivity index (χ4n) is 1.43. The monoisotopic (exact) mass is 384 g/mol. The third-order valence-electron chi connectivity index (χ3n) is 2.50. The maximum absolute atomic E-state index is 10.8. The van der Waals surface area contributed by atoms with E-state index in [9.17, 15) is 4.79 Å². The van der Waals surface area contributed by atoms with E-state index in [1.54, 1.807) is 29.8 Å². The van der Waals surface area contributed by atoms with Gasteiger partial charge in [-0.25, -0.2) is 9.78 Å². The van der Waals surface area contributed by atoms with Gasteiger partial charge in [-0.15, -0.1) is 11.3 Å². The van der Waals surface area contributed by atoms with Gasteiger partial charge in [-0.2, -0.15) is 5.10 Å². The second kappa shape index (κ2) is 7.23. The average molecular weight is 385 g/mol. The summed E-state index contributed by atoms with van der Waals surface area (Å²) in [4.78, 5) is 14.8. The van der Waals surface area contributed by atoms with Gasteiger partial charge < -0.3 is 15.6 Å². The summed E-state index contributed by atoms with van der Waals surface area (Å²) in [6, 6.07) is 5.20. The van der Waals surface area contributed by atoms with Crippen LogP contribution in [0.25, 0.3) is 0 Å². The summed E-state index contributed by atoms with van der Waals surface area (Å²) in [6.07, 6.45) is 0.681. The molecule has 0 saturated heterocycles. The first-order chi connectivity index (χ1) is 10.5. The van der Waals surface area contributed by atoms with E-state index in [0.717, 1.165) is 5.56 Å². The minimum atomic E-state index is -1.02. The van der Waals surface area contributed by atoms with Crippen LogP contribution in [0, 0.1) is 0 Å². The zero-order chi connectivity index (χ0) is 16.1. The Kier molecular flexibility index (Phi) is 5.34. The number of ether oxygens (including phenoxy) is 1. The van der Waals surface area contributed by atoms with E-state index in [1.807, 2.05) is 0 Å². The number of nitrogens with two attached hydrogens (primary N) is 1. The number of nitrogens with zero attached hydrogens (tertiary/aromatic N) is 2. The van der Waals surface area contributed by atoms with Gasteiger partial charge in [0, 0.05) is 5.38 Å². The molecule has 0 fully saturated rings. The number of thiazole rings is 1. The molecule has 0 saturated carbocycles. The Labute approximate surface area is 139 Å². The number of benzene rings is 1. The highest BCUT2D eigenvalue weighted by atomic mass is 79.9. The standard InChI is InChI=1S/C13H13BrN4O3S/c1-7(12(19)20)21-10-3-2-8(4-9(10)14)5-16-18-13-17-11(15)6-22-13/h2-7H,15H2,1H3,(H,17,18)(H,19,20). The molecule has 2 aromatic rings. The molecule has 1 aromatic carbocycles. The number of hydrogen-bond acceptors (Lipinski definition) is 7. The largest absolute Gasteiger partial charge is 0.479 e. The average Bonchev–Trinajstić information content (AvgIpc) is 2.87. The lowest BCUT2D eigenvalue weighted by atomic mass is 10.2. The van der Waals surface area contributed by atoms with Gasteiger partial charge in [0.05, 0.1) is 10.7 Å². The first kappa shape index (κ1) is 16.2. The SMILES string of the molecule is CC(Oc1ccc(C=NNc2nc(N)cs2)cc1Br)C(=O)O. The zero-order valence-corrected chi connectivity index (χ0v) is 13.9. The second-order valence-corrected chi connectivity index (χ2v) is 5.95. The van der Waals surface area contributed by atoms with Crippen LogP contribution in [0.5, 0.6) is 5.75 Å². The Bertz CT molecular complexity index is 704. The van der Waals surface area contributed by atoms with E-state index < -0.39 is 12.1 Å². The van der Waals surface area contributed by atoms with Crippen LogP contribution in [0.2, 0.25) is 0 Å². The van der Waals surface area contributed by atoms with Crippen LogP contribution in [0.3, 0.4) is 0 Å². The fourth-order valence-corrected chi connectivity index (χ4v) is 2.47. The highest BCUT2D eigenvalue weighted by molar-refractivity contribution is 9.10. The van der Waals surface area contributed by atoms with Crippen LogP contribution < -0.4 is 15.9 Å². The normalized spacial score (nSPS) is 12.3. The Balaban J connectivity index is 2.01. The van der Waals surface area contributed by atoms with E-state index >= 15 is 0 Å². The fraction of sp³-hybridized carbons (Fsp3) is 0.154. The van der Waals surface area contributed by atoms with Gasteiger partial charge in [-0.1, -0.05) is 0 Å². The van der Waals surface area contributed by atoms with Gasteiger partial charge in [-0.05, 0) is 46.6 Å². The van der Waals surface area contributed by atoms with Crippen LogP contribution in [-0.4, -0.2) is 28.4 Å². The Morgan fingerprint density at radius 1 is 1.64 bits per heavy atom. The number of aliphatic carboxylic acids is 1. The van der Waals surface area contributed by atoms with E-state index in [0.29, 0.717) is 21.2 Å². The molecule has 0 bridgehead atoms. The van der Waals surface area contributed by atoms with Crippen molar-refractivity contribution in [3.8, 4) is 5.75 Å². The number of halogens is 1. The number of carbonyl (C=O) groups is 1. The number of hydrazone groups is 1. The van der Waals surface area contributed by atoms with E-state index in [4.69, 9.17) is 15.6 Å². The number of nitrogen functional groups attached to an aromatic ring is 1. The second-order valence-electron chi connectivity index (χ2n) is 4.24. The molecule has 4 N–H and O–H groups in total. The summed E-state index contributed by atoms with van der Waals surface area (Å²) in [7, 11) is 0. The Hall–Kier alpha value is -2.13. The van der Waals surface area contributed by atoms with Crippen LogP contribution in [0.1, 0.15) is 12.5 Å². The molecule has 0 aliphatic heterocycles. The van der Waals surface area contributed by atoms with Gasteiger partial charge in [0.15, 0.2) is 6.10 Å². The molecule has 1 atom stereocenters. The van der Waals surface area contributed by atoms with Crippen molar-refractivity contribution in [3.05, 3.63) is 33.6 Å². The number of anilines is 2. The summed E-state index contributed by atoms with van der Waals surface area (Å²) < 4.78 is 5.95. The zero-order valence-electron chi connectivity index (χ0n) is 11.5. The summed E-state index contributed by atoms with van der Waals surface area (Å²) in [5.74, 6) is -0.128. The molecule has 0 amide bonds. The molecule has 9 heteroatoms. The molecular formula is C13H13BrN4O3S. The molecule has 1 unspecified atom stereocenters. The van der Waals surface area contributed by atoms with Crippen molar-refractivity contribution in [1.82, 2.24) is 4.98 Å². The van der Waals surface area contributed by atoms with E-state index in [2.05, 4.69) is 31.4 Å². The lowest BCUT2D eigenvalue weighted by molar-refractivity contribution is -0.144. The maximum Gasteiger partial charge on any atom is 0.344 e. The maximum atomic E-state index is 10.8. The van der Waals surface area contributed by atoms with E-state index in [-0.39, 0.29) is 0 Å². The predicted molar refractivity (Wildman–Crippen MR) is 89.6 cm³/mol. The first-order valence-corrected chi connectivity index (χ1v) is 7.82. The molecule has 0 spiro atoms. The number of rotatable bonds is 6. The van der Waals surface area contributed by atoms with Crippen molar-refractivity contribution >= 4 is 50.4 Å². The van der Waals surface area contributed by atoms with Gasteiger partial charge in [-0.3, -0.25) is 5.43 Å². The van der Waals surface area contributed by atoms with Crippen molar-refractivity contribution in [2.24, 2.45) is 5.10 Å². The predicted octanol–water partition coefficient (Wildman–Crippen LogP) is 2.79. The van der Waals surface area contributed by atoms with Gasteiger partial charge in [0.2, 0.25) is 5.13 Å². The van der Waals surface area contributed by atoms with Crippen LogP contribution in [0.15, 0.2) is 33.2 Å². The summed E-state index contributed by atoms with van der Waals surface area (Å²) in [5.41, 5.74) is 9.08. The van der Waals surface area contributed by atoms with Gasteiger partial charge in [0.25, 0.3) is 0 Å². The summed E-state index contributed by atoms with van der Waals surface area (Å²) in [6.45, 7) is 1.47. The highest BCUT2D eigenvalue weighted by Crippen LogP contribution is 2.26. The van der Waals surface area contributed by atoms with Crippen LogP contribution in [-0.2, 0) is 4.79 Å². The van der Waals surface area contributed by atoms with Crippen molar-refractivity contribution in [1.29, 1.82) is 0 Å². The smallest absolute Gasteiger partial charge is 0.344 e. The summed E-state index contributed by atoms with van der Waals surface area (Å²) in [5, 5.41) is 15.2. The number of carboxylic acids is 1. The summed E-state index contributed by atoms with van der Waals surface area (Å²) >= 11 is 4.69. The third kappa shape index (κ3) is 4.43. The molecule has 7 nitrogen and oxygen atoms in total. The minimum absolute atomic E-state index is 0.444. The topological polar surface area (TPSA) is 110 Å². The van der Waals surface area contributed by atoms with Crippen LogP contribution >= 0.6 is 27.3 Å². The van der Waals surface area contributed by atoms with Crippen LogP contribution in [0.4, 0.5) is 10.9 Å². The molecule has 0 aliphatic rings. The van der Waals surface area contributed by atoms with Crippen molar-refractivity contribution < 1.29 is 14.6 Å². The highest BCUT2D eigenvalue weighted by Gasteiger charge is 2.14. The van der Waals surface area contributed by atoms with Crippen molar-refractivity contribution in [2.75, 3.05) is 11.2 Å². The Morgan fingerprint density at radius 3 is 3.00 bits per heavy atom. The Morgan fingerprint density at radius 2 is 2.41 bits per heavy atom. The van der Waals surface area contributed by atoms with Gasteiger partial charge >= 0.3 is 5.97 Å². The number of hydrogen-bond donors (Lipinski definition) is 3. The lowest BCUT2D eigenvalue weighted by Gasteiger charge is -2.12. The van der Waals surface area contributed by atoms with Crippen molar-refractivity contribution in [3.63, 3.8) is 0 Å². The third-order valence-corrected chi connectivity index (χ3v) is 3.89. The first-order valence-electron chi connectivity index (χ1n) is 6.15. The molecule has 116 valence electrons. The molecule has 0 aliphatic carbocycles. The molecular weight excluding hydrogens is 372 g/mol. The minimum Gasteiger partial charge on any atom is -0.479 e. The van der Waals surface area contributed by atoms with Gasteiger partial charge in [0.1, 0.15) is 11.6 Å². The van der Waals surface area contributed by atoms with E-state index in [1.165, 1.54) is 18.3 Å². The molecule has 2 rings (SSSR count). The molecule has 1 heterocycles. The molecule has 22 heavy (non-hydrogen) atoms. The van der Waals surface area contributed by atoms with Crippen molar-refractivity contribution in [2.45, 2.75) is 13.0 Å². The molecule has 0 radical (unpaired) electrons. The number of carboxylic acid groups (broad SMARTS) is 1. The quantitative estimate of drug-likeness (QED) is 0.521.